The van der Waals surface area contributed by atoms with Crippen LogP contribution < -0.4 is 10.6 Å². The number of rotatable bonds is 3. The summed E-state index contributed by atoms with van der Waals surface area (Å²) in [6.45, 7) is 2.24. The van der Waals surface area contributed by atoms with Gasteiger partial charge in [-0.3, -0.25) is 0 Å². The molecule has 1 heterocycles. The Balaban J connectivity index is 2.19. The fourth-order valence-electron chi connectivity index (χ4n) is 2.28. The van der Waals surface area contributed by atoms with Crippen molar-refractivity contribution < 1.29 is 9.90 Å². The quantitative estimate of drug-likeness (QED) is 0.717. The first-order valence-electron chi connectivity index (χ1n) is 5.46. The molecule has 4 nitrogen and oxygen atoms in total. The fraction of sp³-hybridized carbons (Fsp3) is 0.417. The van der Waals surface area contributed by atoms with Crippen LogP contribution in [0.4, 0.5) is 4.79 Å². The summed E-state index contributed by atoms with van der Waals surface area (Å²) in [4.78, 5) is 10.6. The topological polar surface area (TPSA) is 61.4 Å². The lowest BCUT2D eigenvalue weighted by Gasteiger charge is -2.28. The highest BCUT2D eigenvalue weighted by atomic mass is 16.4. The standard InChI is InChI=1S/C12H16N2O2/c15-11(16)14-9-12(6-7-13-8-12)10-4-2-1-3-5-10/h1-5,13-14H,6-9H2,(H,15,16). The molecular weight excluding hydrogens is 204 g/mol. The van der Waals surface area contributed by atoms with E-state index in [4.69, 9.17) is 5.11 Å². The number of hydrogen-bond donors (Lipinski definition) is 3. The highest BCUT2D eigenvalue weighted by Gasteiger charge is 2.35. The van der Waals surface area contributed by atoms with Crippen molar-refractivity contribution in [1.82, 2.24) is 10.6 Å². The Morgan fingerprint density at radius 2 is 2.19 bits per heavy atom. The van der Waals surface area contributed by atoms with Crippen LogP contribution >= 0.6 is 0 Å². The molecule has 16 heavy (non-hydrogen) atoms. The lowest BCUT2D eigenvalue weighted by atomic mass is 9.79. The molecule has 1 amide bonds. The van der Waals surface area contributed by atoms with Crippen molar-refractivity contribution in [3.05, 3.63) is 35.9 Å². The Kier molecular flexibility index (Phi) is 3.10. The lowest BCUT2D eigenvalue weighted by Crippen LogP contribution is -2.41. The fourth-order valence-corrected chi connectivity index (χ4v) is 2.28. The molecule has 3 N–H and O–H groups in total. The molecule has 0 aliphatic carbocycles. The Bertz CT molecular complexity index is 359. The molecule has 0 saturated carbocycles. The van der Waals surface area contributed by atoms with E-state index < -0.39 is 6.09 Å². The maximum atomic E-state index is 10.6. The minimum atomic E-state index is -0.956. The average Bonchev–Trinajstić information content (AvgIpc) is 2.78. The highest BCUT2D eigenvalue weighted by molar-refractivity contribution is 5.64. The third-order valence-corrected chi connectivity index (χ3v) is 3.21. The second kappa shape index (κ2) is 4.53. The van der Waals surface area contributed by atoms with Crippen molar-refractivity contribution in [3.63, 3.8) is 0 Å². The average molecular weight is 220 g/mol. The zero-order valence-electron chi connectivity index (χ0n) is 9.07. The first-order chi connectivity index (χ1) is 7.73. The van der Waals surface area contributed by atoms with E-state index in [9.17, 15) is 4.79 Å². The largest absolute Gasteiger partial charge is 0.465 e. The molecule has 1 aromatic rings. The maximum Gasteiger partial charge on any atom is 0.404 e. The smallest absolute Gasteiger partial charge is 0.404 e. The Hall–Kier alpha value is -1.55. The van der Waals surface area contributed by atoms with Gasteiger partial charge in [-0.1, -0.05) is 30.3 Å². The number of hydrogen-bond acceptors (Lipinski definition) is 2. The molecule has 1 fully saturated rings. The molecule has 0 spiro atoms. The summed E-state index contributed by atoms with van der Waals surface area (Å²) in [6, 6.07) is 10.1. The summed E-state index contributed by atoms with van der Waals surface area (Å²) in [6.07, 6.45) is 0.0132. The van der Waals surface area contributed by atoms with E-state index in [0.717, 1.165) is 19.5 Å². The number of carbonyl (C=O) groups is 1. The Labute approximate surface area is 94.7 Å². The molecule has 0 radical (unpaired) electrons. The van der Waals surface area contributed by atoms with Gasteiger partial charge in [0.15, 0.2) is 0 Å². The molecule has 1 saturated heterocycles. The maximum absolute atomic E-state index is 10.6. The number of amides is 1. The Morgan fingerprint density at radius 3 is 2.75 bits per heavy atom. The van der Waals surface area contributed by atoms with Crippen LogP contribution in [-0.2, 0) is 5.41 Å². The Morgan fingerprint density at radius 1 is 1.44 bits per heavy atom. The molecular formula is C12H16N2O2. The third kappa shape index (κ3) is 2.17. The van der Waals surface area contributed by atoms with Gasteiger partial charge in [-0.25, -0.2) is 4.79 Å². The molecule has 0 aromatic heterocycles. The minimum Gasteiger partial charge on any atom is -0.465 e. The summed E-state index contributed by atoms with van der Waals surface area (Å²) >= 11 is 0. The van der Waals surface area contributed by atoms with E-state index in [1.807, 2.05) is 18.2 Å². The monoisotopic (exact) mass is 220 g/mol. The van der Waals surface area contributed by atoms with E-state index in [-0.39, 0.29) is 5.41 Å². The number of carboxylic acid groups (broad SMARTS) is 1. The molecule has 1 aliphatic heterocycles. The van der Waals surface area contributed by atoms with Gasteiger partial charge in [0.1, 0.15) is 0 Å². The normalized spacial score (nSPS) is 24.2. The summed E-state index contributed by atoms with van der Waals surface area (Å²) in [5, 5.41) is 14.5. The number of nitrogens with one attached hydrogen (secondary N) is 2. The van der Waals surface area contributed by atoms with Gasteiger partial charge in [-0.2, -0.15) is 0 Å². The molecule has 0 bridgehead atoms. The zero-order valence-corrected chi connectivity index (χ0v) is 9.07. The van der Waals surface area contributed by atoms with E-state index in [0.29, 0.717) is 6.54 Å². The van der Waals surface area contributed by atoms with Crippen LogP contribution in [0.2, 0.25) is 0 Å². The van der Waals surface area contributed by atoms with Crippen LogP contribution in [0.1, 0.15) is 12.0 Å². The molecule has 1 unspecified atom stereocenters. The molecule has 86 valence electrons. The lowest BCUT2D eigenvalue weighted by molar-refractivity contribution is 0.191. The van der Waals surface area contributed by atoms with Gasteiger partial charge in [0.05, 0.1) is 0 Å². The van der Waals surface area contributed by atoms with Gasteiger partial charge in [0.2, 0.25) is 0 Å². The van der Waals surface area contributed by atoms with Crippen molar-refractivity contribution in [2.75, 3.05) is 19.6 Å². The van der Waals surface area contributed by atoms with Crippen LogP contribution in [-0.4, -0.2) is 30.8 Å². The van der Waals surface area contributed by atoms with E-state index in [1.54, 1.807) is 0 Å². The molecule has 1 atom stereocenters. The van der Waals surface area contributed by atoms with Crippen molar-refractivity contribution >= 4 is 6.09 Å². The summed E-state index contributed by atoms with van der Waals surface area (Å²) in [5.74, 6) is 0. The molecule has 1 aliphatic rings. The number of benzene rings is 1. The van der Waals surface area contributed by atoms with Gasteiger partial charge in [-0.05, 0) is 18.5 Å². The summed E-state index contributed by atoms with van der Waals surface area (Å²) < 4.78 is 0. The van der Waals surface area contributed by atoms with Gasteiger partial charge < -0.3 is 15.7 Å². The van der Waals surface area contributed by atoms with Gasteiger partial charge in [-0.15, -0.1) is 0 Å². The molecule has 2 rings (SSSR count). The van der Waals surface area contributed by atoms with E-state index >= 15 is 0 Å². The van der Waals surface area contributed by atoms with Crippen LogP contribution in [0.15, 0.2) is 30.3 Å². The van der Waals surface area contributed by atoms with Gasteiger partial charge in [0, 0.05) is 18.5 Å². The van der Waals surface area contributed by atoms with Crippen molar-refractivity contribution in [2.24, 2.45) is 0 Å². The molecule has 4 heteroatoms. The highest BCUT2D eigenvalue weighted by Crippen LogP contribution is 2.29. The summed E-state index contributed by atoms with van der Waals surface area (Å²) in [5.41, 5.74) is 1.12. The van der Waals surface area contributed by atoms with Gasteiger partial charge in [0.25, 0.3) is 0 Å². The second-order valence-corrected chi connectivity index (χ2v) is 4.23. The van der Waals surface area contributed by atoms with E-state index in [1.165, 1.54) is 5.56 Å². The predicted octanol–water partition coefficient (Wildman–Crippen LogP) is 1.19. The minimum absolute atomic E-state index is 0.0837. The zero-order chi connectivity index (χ0) is 11.4. The van der Waals surface area contributed by atoms with Crippen LogP contribution in [0, 0.1) is 0 Å². The molecule has 1 aromatic carbocycles. The predicted molar refractivity (Wildman–Crippen MR) is 61.6 cm³/mol. The van der Waals surface area contributed by atoms with Crippen LogP contribution in [0.5, 0.6) is 0 Å². The van der Waals surface area contributed by atoms with Crippen LogP contribution in [0.25, 0.3) is 0 Å². The van der Waals surface area contributed by atoms with Crippen LogP contribution in [0.3, 0.4) is 0 Å². The van der Waals surface area contributed by atoms with Crippen molar-refractivity contribution in [2.45, 2.75) is 11.8 Å². The third-order valence-electron chi connectivity index (χ3n) is 3.21. The first-order valence-corrected chi connectivity index (χ1v) is 5.46. The van der Waals surface area contributed by atoms with E-state index in [2.05, 4.69) is 22.8 Å². The van der Waals surface area contributed by atoms with Crippen molar-refractivity contribution in [3.8, 4) is 0 Å². The van der Waals surface area contributed by atoms with Crippen molar-refractivity contribution in [1.29, 1.82) is 0 Å². The summed E-state index contributed by atoms with van der Waals surface area (Å²) in [7, 11) is 0. The van der Waals surface area contributed by atoms with Gasteiger partial charge >= 0.3 is 6.09 Å². The second-order valence-electron chi connectivity index (χ2n) is 4.23. The first kappa shape index (κ1) is 11.0. The SMILES string of the molecule is O=C(O)NCC1(c2ccccc2)CCNC1.